The van der Waals surface area contributed by atoms with Crippen LogP contribution >= 0.6 is 0 Å². The molecule has 0 aromatic carbocycles. The van der Waals surface area contributed by atoms with Crippen LogP contribution < -0.4 is 18.9 Å². The van der Waals surface area contributed by atoms with Crippen molar-refractivity contribution in [3.05, 3.63) is 0 Å². The van der Waals surface area contributed by atoms with Crippen molar-refractivity contribution in [2.45, 2.75) is 0 Å². The smallest absolute Gasteiger partial charge is 2.00 e. The van der Waals surface area contributed by atoms with Gasteiger partial charge in [0.2, 0.25) is 0 Å². The van der Waals surface area contributed by atoms with Crippen LogP contribution in [0.4, 0.5) is 0 Å². The van der Waals surface area contributed by atoms with Crippen LogP contribution in [0.3, 0.4) is 0 Å². The minimum absolute atomic E-state index is 0. The van der Waals surface area contributed by atoms with Crippen molar-refractivity contribution >= 4 is 0 Å². The Morgan fingerprint density at radius 1 is 1.00 bits per heavy atom. The molecular formula is LaLiOScZr+9. The van der Waals surface area contributed by atoms with Gasteiger partial charge < -0.3 is 5.48 Å². The monoisotopic (exact) mass is 297 g/mol. The third-order valence-corrected chi connectivity index (χ3v) is 0. The molecule has 5 heteroatoms. The zero-order valence-corrected chi connectivity index (χ0v) is 10.9. The van der Waals surface area contributed by atoms with Gasteiger partial charge in [0.05, 0.1) is 0 Å². The Morgan fingerprint density at radius 3 is 1.00 bits per heavy atom. The van der Waals surface area contributed by atoms with Gasteiger partial charge in [-0.05, 0) is 0 Å². The molecule has 0 N–H and O–H groups in total. The summed E-state index contributed by atoms with van der Waals surface area (Å²) in [6.07, 6.45) is 0. The van der Waals surface area contributed by atoms with Crippen LogP contribution in [0, 0.1) is 35.6 Å². The van der Waals surface area contributed by atoms with E-state index in [9.17, 15) is 0 Å². The zero-order valence-electron chi connectivity index (χ0n) is 3.06. The van der Waals surface area contributed by atoms with Gasteiger partial charge in [0, 0.05) is 0 Å². The van der Waals surface area contributed by atoms with Gasteiger partial charge in [-0.3, -0.25) is 0 Å². The van der Waals surface area contributed by atoms with Crippen LogP contribution in [0.2, 0.25) is 0 Å². The molecule has 0 saturated carbocycles. The molecule has 0 aliphatic carbocycles. The molecule has 8 valence electrons. The molecule has 0 atom stereocenters. The Bertz CT molecular complexity index is 11.6. The van der Waals surface area contributed by atoms with E-state index in [-0.39, 0.29) is 112 Å². The van der Waals surface area contributed by atoms with Crippen LogP contribution in [-0.2, 0) is 57.5 Å². The summed E-state index contributed by atoms with van der Waals surface area (Å²) in [6.45, 7) is 0. The van der Waals surface area contributed by atoms with Gasteiger partial charge in [0.25, 0.3) is 0 Å². The molecule has 0 heterocycles. The summed E-state index contributed by atoms with van der Waals surface area (Å²) in [5.41, 5.74) is 0. The van der Waals surface area contributed by atoms with Crippen molar-refractivity contribution in [3.8, 4) is 0 Å². The summed E-state index contributed by atoms with van der Waals surface area (Å²) in [4.78, 5) is 0. The van der Waals surface area contributed by atoms with Crippen LogP contribution in [0.25, 0.3) is 0 Å². The maximum Gasteiger partial charge on any atom is 4.00 e. The van der Waals surface area contributed by atoms with E-state index in [0.717, 1.165) is 0 Å². The Balaban J connectivity index is 0. The molecule has 1 nitrogen and oxygen atoms in total. The largest absolute Gasteiger partial charge is 4.00 e. The molecule has 0 aromatic heterocycles. The Labute approximate surface area is 109 Å². The van der Waals surface area contributed by atoms with Gasteiger partial charge in [-0.2, -0.15) is 0 Å². The van der Waals surface area contributed by atoms with Crippen molar-refractivity contribution < 1.29 is 112 Å². The second kappa shape index (κ2) is 25.8. The molecule has 0 aliphatic heterocycles. The van der Waals surface area contributed by atoms with Crippen LogP contribution in [0.5, 0.6) is 0 Å². The van der Waals surface area contributed by atoms with E-state index in [1.54, 1.807) is 0 Å². The molecule has 0 bridgehead atoms. The van der Waals surface area contributed by atoms with Gasteiger partial charge in [0.1, 0.15) is 0 Å². The molecule has 0 amide bonds. The molecular weight excluding hydrogens is 298 g/mol. The number of rotatable bonds is 0. The normalized spacial score (nSPS) is 0. The first kappa shape index (κ1) is 39.0. The molecule has 0 aromatic rings. The topological polar surface area (TPSA) is 28.5 Å². The standard InChI is InChI=1S/La.Li.O.Sc.Zr/q+3;+1;-2;+3;+4. The fourth-order valence-electron chi connectivity index (χ4n) is 0. The van der Waals surface area contributed by atoms with Crippen LogP contribution in [0.1, 0.15) is 0 Å². The molecule has 0 unspecified atom stereocenters. The molecule has 0 fully saturated rings. The van der Waals surface area contributed by atoms with Gasteiger partial charge in [-0.1, -0.05) is 0 Å². The predicted molar refractivity (Wildman–Crippen MR) is 0.686 cm³/mol. The van der Waals surface area contributed by atoms with Crippen molar-refractivity contribution in [2.24, 2.45) is 0 Å². The van der Waals surface area contributed by atoms with E-state index in [0.29, 0.717) is 0 Å². The van der Waals surface area contributed by atoms with Crippen molar-refractivity contribution in [1.29, 1.82) is 0 Å². The van der Waals surface area contributed by atoms with E-state index < -0.39 is 0 Å². The molecule has 5 heavy (non-hydrogen) atoms. The van der Waals surface area contributed by atoms with Crippen LogP contribution in [0.15, 0.2) is 0 Å². The average molecular weight is 298 g/mol. The van der Waals surface area contributed by atoms with Gasteiger partial charge in [-0.25, -0.2) is 0 Å². The summed E-state index contributed by atoms with van der Waals surface area (Å²) in [5, 5.41) is 0. The van der Waals surface area contributed by atoms with Crippen LogP contribution in [-0.4, -0.2) is 0 Å². The van der Waals surface area contributed by atoms with Gasteiger partial charge in [0.15, 0.2) is 0 Å². The molecule has 0 spiro atoms. The zero-order chi connectivity index (χ0) is 0. The molecule has 0 saturated heterocycles. The van der Waals surface area contributed by atoms with E-state index in [4.69, 9.17) is 0 Å². The molecule has 0 aliphatic rings. The summed E-state index contributed by atoms with van der Waals surface area (Å²) >= 11 is 0. The first-order valence-electron chi connectivity index (χ1n) is 0. The van der Waals surface area contributed by atoms with Crippen molar-refractivity contribution in [1.82, 2.24) is 0 Å². The first-order valence-corrected chi connectivity index (χ1v) is 0. The van der Waals surface area contributed by atoms with Gasteiger partial charge in [-0.15, -0.1) is 0 Å². The van der Waals surface area contributed by atoms with E-state index >= 15 is 0 Å². The van der Waals surface area contributed by atoms with E-state index in [2.05, 4.69) is 0 Å². The van der Waals surface area contributed by atoms with Crippen molar-refractivity contribution in [3.63, 3.8) is 0 Å². The number of hydrogen-bond acceptors (Lipinski definition) is 0. The molecule has 0 radical (unpaired) electrons. The predicted octanol–water partition coefficient (Wildman–Crippen LogP) is -3.12. The Hall–Kier alpha value is 3.51. The third-order valence-electron chi connectivity index (χ3n) is 0. The minimum atomic E-state index is 0. The molecule has 0 rings (SSSR count). The average Bonchev–Trinajstić information content (AvgIpc) is 0. The fourth-order valence-corrected chi connectivity index (χ4v) is 0. The maximum absolute atomic E-state index is 0. The first-order chi connectivity index (χ1) is 0. The SMILES string of the molecule is [La+3].[Li+].[O-2].[Sc+3].[Zr+4]. The van der Waals surface area contributed by atoms with Gasteiger partial charge >= 0.3 is 107 Å². The maximum atomic E-state index is 0. The second-order valence-electron chi connectivity index (χ2n) is 0. The summed E-state index contributed by atoms with van der Waals surface area (Å²) < 4.78 is 0. The second-order valence-corrected chi connectivity index (χ2v) is 0. The minimum Gasteiger partial charge on any atom is -2.00 e. The Morgan fingerprint density at radius 2 is 1.00 bits per heavy atom. The van der Waals surface area contributed by atoms with E-state index in [1.165, 1.54) is 0 Å². The Kier molecular flexibility index (Phi) is 202. The summed E-state index contributed by atoms with van der Waals surface area (Å²) in [7, 11) is 0. The third kappa shape index (κ3) is 18.5. The quantitative estimate of drug-likeness (QED) is 0.424. The summed E-state index contributed by atoms with van der Waals surface area (Å²) in [5.74, 6) is 0. The van der Waals surface area contributed by atoms with E-state index in [1.807, 2.05) is 0 Å². The number of hydrogen-bond donors (Lipinski definition) is 0. The van der Waals surface area contributed by atoms with Crippen molar-refractivity contribution in [2.75, 3.05) is 0 Å². The fraction of sp³-hybridized carbons (Fsp3) is 0. The summed E-state index contributed by atoms with van der Waals surface area (Å²) in [6, 6.07) is 0.